The van der Waals surface area contributed by atoms with E-state index >= 15 is 0 Å². The van der Waals surface area contributed by atoms with Gasteiger partial charge in [0.2, 0.25) is 0 Å². The van der Waals surface area contributed by atoms with E-state index in [9.17, 15) is 0 Å². The van der Waals surface area contributed by atoms with E-state index in [2.05, 4.69) is 32.6 Å². The number of unbranched alkanes of at least 4 members (excludes halogenated alkanes) is 19. The lowest BCUT2D eigenvalue weighted by Crippen LogP contribution is -1.94. The molecule has 0 saturated carbocycles. The molecule has 0 N–H and O–H groups in total. The second-order valence-corrected chi connectivity index (χ2v) is 9.61. The molecule has 0 aliphatic carbocycles. The highest BCUT2D eigenvalue weighted by Gasteiger charge is 2.01. The molecule has 0 heteroatoms. The molecule has 30 heavy (non-hydrogen) atoms. The third kappa shape index (κ3) is 25.6. The van der Waals surface area contributed by atoms with Crippen LogP contribution in [0.1, 0.15) is 161 Å². The van der Waals surface area contributed by atoms with Crippen LogP contribution >= 0.6 is 0 Å². The van der Waals surface area contributed by atoms with Gasteiger partial charge in [-0.2, -0.15) is 0 Å². The van der Waals surface area contributed by atoms with E-state index in [1.54, 1.807) is 0 Å². The van der Waals surface area contributed by atoms with E-state index in [4.69, 9.17) is 0 Å². The van der Waals surface area contributed by atoms with Gasteiger partial charge in [-0.15, -0.1) is 11.8 Å². The first-order chi connectivity index (χ1) is 14.8. The lowest BCUT2D eigenvalue weighted by molar-refractivity contribution is 0.437. The minimum absolute atomic E-state index is 0.761. The van der Waals surface area contributed by atoms with Crippen LogP contribution in [0, 0.1) is 31.6 Å². The first-order valence-electron chi connectivity index (χ1n) is 13.9. The van der Waals surface area contributed by atoms with Crippen LogP contribution in [0.2, 0.25) is 0 Å². The van der Waals surface area contributed by atoms with Gasteiger partial charge in [0, 0.05) is 12.8 Å². The molecule has 0 fully saturated rings. The molecule has 0 bridgehead atoms. The van der Waals surface area contributed by atoms with Gasteiger partial charge in [0.25, 0.3) is 0 Å². The second-order valence-electron chi connectivity index (χ2n) is 9.61. The molecule has 0 aromatic heterocycles. The van der Waals surface area contributed by atoms with Crippen molar-refractivity contribution in [3.05, 3.63) is 13.8 Å². The summed E-state index contributed by atoms with van der Waals surface area (Å²) >= 11 is 0. The Morgan fingerprint density at radius 3 is 1.23 bits per heavy atom. The first-order valence-corrected chi connectivity index (χ1v) is 13.9. The average Bonchev–Trinajstić information content (AvgIpc) is 2.75. The highest BCUT2D eigenvalue weighted by Crippen LogP contribution is 2.18. The third-order valence-corrected chi connectivity index (χ3v) is 6.45. The smallest absolute Gasteiger partial charge is 0.00890 e. The quantitative estimate of drug-likeness (QED) is 0.115. The molecule has 0 aliphatic rings. The Balaban J connectivity index is 3.08. The molecule has 0 rings (SSSR count). The van der Waals surface area contributed by atoms with Crippen molar-refractivity contribution in [3.63, 3.8) is 0 Å². The summed E-state index contributed by atoms with van der Waals surface area (Å²) in [6, 6.07) is 0. The van der Waals surface area contributed by atoms with Crippen LogP contribution in [0.15, 0.2) is 0 Å². The molecule has 0 saturated heterocycles. The third-order valence-electron chi connectivity index (χ3n) is 6.45. The SMILES string of the molecule is [CH2]CC#CCCCCCCCCCCCCCCCCCCCC(C)CCCC[CH2]. The van der Waals surface area contributed by atoms with Crippen LogP contribution in [0.4, 0.5) is 0 Å². The molecule has 1 unspecified atom stereocenters. The fourth-order valence-electron chi connectivity index (χ4n) is 4.35. The molecular weight excluding hydrogens is 360 g/mol. The summed E-state index contributed by atoms with van der Waals surface area (Å²) in [5.74, 6) is 7.17. The van der Waals surface area contributed by atoms with Gasteiger partial charge in [-0.3, -0.25) is 0 Å². The van der Waals surface area contributed by atoms with Crippen LogP contribution in [0.5, 0.6) is 0 Å². The largest absolute Gasteiger partial charge is 0.103 e. The van der Waals surface area contributed by atoms with Gasteiger partial charge in [0.05, 0.1) is 0 Å². The monoisotopic (exact) mass is 416 g/mol. The lowest BCUT2D eigenvalue weighted by atomic mass is 9.96. The average molecular weight is 417 g/mol. The highest BCUT2D eigenvalue weighted by molar-refractivity contribution is 4.98. The standard InChI is InChI=1S/C30H56/c1-4-6-8-9-10-11-12-13-14-15-16-17-18-19-20-21-22-23-24-25-27-29-30(3)28-26-7-5-2/h30H,1-2,4-5,7,9-29H2,3H3. The molecule has 2 radical (unpaired) electrons. The van der Waals surface area contributed by atoms with Crippen molar-refractivity contribution >= 4 is 0 Å². The maximum Gasteiger partial charge on any atom is 0.00890 e. The first kappa shape index (κ1) is 29.6. The van der Waals surface area contributed by atoms with Gasteiger partial charge >= 0.3 is 0 Å². The maximum atomic E-state index is 3.94. The molecule has 0 amide bonds. The van der Waals surface area contributed by atoms with Gasteiger partial charge in [0.1, 0.15) is 0 Å². The minimum Gasteiger partial charge on any atom is -0.103 e. The molecule has 0 spiro atoms. The molecule has 0 aliphatic heterocycles. The zero-order valence-corrected chi connectivity index (χ0v) is 21.0. The summed E-state index contributed by atoms with van der Waals surface area (Å²) in [5, 5.41) is 0. The predicted molar refractivity (Wildman–Crippen MR) is 138 cm³/mol. The second kappa shape index (κ2) is 26.6. The fraction of sp³-hybridized carbons (Fsp3) is 0.867. The Labute approximate surface area is 192 Å². The summed E-state index contributed by atoms with van der Waals surface area (Å²) in [5.41, 5.74) is 0. The van der Waals surface area contributed by atoms with E-state index in [-0.39, 0.29) is 0 Å². The van der Waals surface area contributed by atoms with Crippen LogP contribution < -0.4 is 0 Å². The summed E-state index contributed by atoms with van der Waals surface area (Å²) in [6.45, 7) is 10.1. The van der Waals surface area contributed by atoms with Crippen molar-refractivity contribution in [3.8, 4) is 11.8 Å². The van der Waals surface area contributed by atoms with E-state index in [0.29, 0.717) is 0 Å². The number of hydrogen-bond donors (Lipinski definition) is 0. The normalized spacial score (nSPS) is 12.0. The molecule has 1 atom stereocenters. The summed E-state index contributed by atoms with van der Waals surface area (Å²) in [6.07, 6.45) is 33.0. The molecular formula is C30H56. The van der Waals surface area contributed by atoms with Crippen molar-refractivity contribution in [2.24, 2.45) is 5.92 Å². The lowest BCUT2D eigenvalue weighted by Gasteiger charge is -2.10. The Bertz CT molecular complexity index is 358. The number of hydrogen-bond acceptors (Lipinski definition) is 0. The maximum absolute atomic E-state index is 3.94. The van der Waals surface area contributed by atoms with Crippen molar-refractivity contribution in [1.82, 2.24) is 0 Å². The van der Waals surface area contributed by atoms with Crippen molar-refractivity contribution in [2.45, 2.75) is 161 Å². The van der Waals surface area contributed by atoms with E-state index in [0.717, 1.165) is 25.2 Å². The van der Waals surface area contributed by atoms with Crippen LogP contribution in [0.3, 0.4) is 0 Å². The molecule has 0 aromatic rings. The van der Waals surface area contributed by atoms with Crippen LogP contribution in [-0.2, 0) is 0 Å². The van der Waals surface area contributed by atoms with Gasteiger partial charge in [0.15, 0.2) is 0 Å². The van der Waals surface area contributed by atoms with Gasteiger partial charge in [-0.05, 0) is 19.3 Å². The fourth-order valence-corrected chi connectivity index (χ4v) is 4.35. The number of rotatable bonds is 23. The van der Waals surface area contributed by atoms with Crippen LogP contribution in [-0.4, -0.2) is 0 Å². The van der Waals surface area contributed by atoms with Gasteiger partial charge in [-0.1, -0.05) is 149 Å². The topological polar surface area (TPSA) is 0 Å². The highest BCUT2D eigenvalue weighted by atomic mass is 14.1. The van der Waals surface area contributed by atoms with E-state index < -0.39 is 0 Å². The Morgan fingerprint density at radius 1 is 0.467 bits per heavy atom. The Hall–Kier alpha value is -0.440. The van der Waals surface area contributed by atoms with E-state index in [1.807, 2.05) is 0 Å². The predicted octanol–water partition coefficient (Wildman–Crippen LogP) is 10.7. The van der Waals surface area contributed by atoms with Crippen molar-refractivity contribution < 1.29 is 0 Å². The van der Waals surface area contributed by atoms with Crippen LogP contribution in [0.25, 0.3) is 0 Å². The van der Waals surface area contributed by atoms with Gasteiger partial charge in [-0.25, -0.2) is 0 Å². The molecule has 0 aromatic carbocycles. The summed E-state index contributed by atoms with van der Waals surface area (Å²) in [7, 11) is 0. The van der Waals surface area contributed by atoms with Gasteiger partial charge < -0.3 is 0 Å². The molecule has 0 heterocycles. The molecule has 176 valence electrons. The minimum atomic E-state index is 0.761. The van der Waals surface area contributed by atoms with Crippen molar-refractivity contribution in [1.29, 1.82) is 0 Å². The zero-order valence-electron chi connectivity index (χ0n) is 21.0. The van der Waals surface area contributed by atoms with E-state index in [1.165, 1.54) is 135 Å². The Kier molecular flexibility index (Phi) is 26.2. The summed E-state index contributed by atoms with van der Waals surface area (Å²) < 4.78 is 0. The van der Waals surface area contributed by atoms with Crippen molar-refractivity contribution in [2.75, 3.05) is 0 Å². The summed E-state index contributed by atoms with van der Waals surface area (Å²) in [4.78, 5) is 0. The molecule has 0 nitrogen and oxygen atoms in total. The zero-order chi connectivity index (χ0) is 22.0. The Morgan fingerprint density at radius 2 is 0.833 bits per heavy atom.